The first-order chi connectivity index (χ1) is 15.3. The molecule has 0 amide bonds. The lowest BCUT2D eigenvalue weighted by Gasteiger charge is -2.69. The van der Waals surface area contributed by atoms with Crippen LogP contribution in [0.4, 0.5) is 0 Å². The molecule has 0 radical (unpaired) electrons. The maximum absolute atomic E-state index is 12.5. The van der Waals surface area contributed by atoms with Gasteiger partial charge in [0.25, 0.3) is 0 Å². The predicted molar refractivity (Wildman–Crippen MR) is 116 cm³/mol. The van der Waals surface area contributed by atoms with Crippen LogP contribution in [-0.2, 0) is 19.0 Å². The molecule has 32 heavy (non-hydrogen) atoms. The van der Waals surface area contributed by atoms with Gasteiger partial charge in [-0.05, 0) is 44.1 Å². The minimum absolute atomic E-state index is 0.0138. The summed E-state index contributed by atoms with van der Waals surface area (Å²) < 4.78 is 17.7. The molecule has 6 fully saturated rings. The van der Waals surface area contributed by atoms with Gasteiger partial charge in [-0.1, -0.05) is 6.92 Å². The van der Waals surface area contributed by atoms with Crippen molar-refractivity contribution >= 4 is 5.97 Å². The number of carbonyl (C=O) groups excluding carboxylic acids is 1. The number of ether oxygens (including phenoxy) is 3. The van der Waals surface area contributed by atoms with Crippen molar-refractivity contribution in [3.8, 4) is 0 Å². The van der Waals surface area contributed by atoms with Gasteiger partial charge in [0, 0.05) is 68.7 Å². The van der Waals surface area contributed by atoms with Crippen LogP contribution < -0.4 is 0 Å². The molecule has 12 atom stereocenters. The highest BCUT2D eigenvalue weighted by Gasteiger charge is 2.83. The van der Waals surface area contributed by atoms with Crippen LogP contribution in [0.1, 0.15) is 46.0 Å². The van der Waals surface area contributed by atoms with Crippen LogP contribution >= 0.6 is 0 Å². The fourth-order valence-electron chi connectivity index (χ4n) is 10.7. The Labute approximate surface area is 190 Å². The van der Waals surface area contributed by atoms with Crippen molar-refractivity contribution < 1.29 is 29.2 Å². The van der Waals surface area contributed by atoms with E-state index in [4.69, 9.17) is 14.2 Å². The van der Waals surface area contributed by atoms with Crippen LogP contribution in [0.5, 0.6) is 0 Å². The SMILES string of the molecule is CCN1C[C@]2(COC)CC[C@H](O)[C@]34C1C(C[C@H]23)[C@@]1(O)C[C@H](OC)[C@H]2C[C@@H]4[C@@H]1[C@H]2OC(C)=O. The number of hydrogen-bond acceptors (Lipinski definition) is 7. The van der Waals surface area contributed by atoms with Crippen molar-refractivity contribution in [2.45, 2.75) is 75.9 Å². The molecular weight excluding hydrogens is 410 g/mol. The number of carbonyl (C=O) groups is 1. The van der Waals surface area contributed by atoms with E-state index in [0.29, 0.717) is 18.9 Å². The number of methoxy groups -OCH3 is 2. The van der Waals surface area contributed by atoms with Gasteiger partial charge < -0.3 is 24.4 Å². The number of fused-ring (bicyclic) bond motifs is 2. The fourth-order valence-corrected chi connectivity index (χ4v) is 10.7. The molecule has 1 saturated heterocycles. The monoisotopic (exact) mass is 449 g/mol. The molecule has 7 nitrogen and oxygen atoms in total. The van der Waals surface area contributed by atoms with Gasteiger partial charge in [0.2, 0.25) is 0 Å². The normalized spacial score (nSPS) is 57.5. The molecule has 1 heterocycles. The largest absolute Gasteiger partial charge is 0.462 e. The quantitative estimate of drug-likeness (QED) is 0.614. The zero-order chi connectivity index (χ0) is 22.6. The van der Waals surface area contributed by atoms with Gasteiger partial charge in [0.15, 0.2) is 0 Å². The summed E-state index contributed by atoms with van der Waals surface area (Å²) in [5.41, 5.74) is -1.20. The second-order valence-corrected chi connectivity index (χ2v) is 11.8. The molecule has 7 heteroatoms. The molecule has 2 N–H and O–H groups in total. The number of esters is 1. The van der Waals surface area contributed by atoms with Crippen molar-refractivity contribution in [2.24, 2.45) is 40.4 Å². The minimum Gasteiger partial charge on any atom is -0.462 e. The molecule has 1 aliphatic heterocycles. The van der Waals surface area contributed by atoms with Gasteiger partial charge in [-0.15, -0.1) is 0 Å². The first-order valence-corrected chi connectivity index (χ1v) is 12.6. The number of aliphatic hydroxyl groups is 2. The van der Waals surface area contributed by atoms with Crippen molar-refractivity contribution in [3.63, 3.8) is 0 Å². The van der Waals surface area contributed by atoms with Gasteiger partial charge in [-0.3, -0.25) is 9.69 Å². The topological polar surface area (TPSA) is 88.5 Å². The lowest BCUT2D eigenvalue weighted by atomic mass is 9.43. The lowest BCUT2D eigenvalue weighted by molar-refractivity contribution is -0.274. The Kier molecular flexibility index (Phi) is 4.70. The average molecular weight is 450 g/mol. The Morgan fingerprint density at radius 2 is 2.00 bits per heavy atom. The lowest BCUT2D eigenvalue weighted by Crippen LogP contribution is -2.76. The van der Waals surface area contributed by atoms with Gasteiger partial charge in [-0.2, -0.15) is 0 Å². The van der Waals surface area contributed by atoms with E-state index < -0.39 is 11.7 Å². The average Bonchev–Trinajstić information content (AvgIpc) is 3.20. The van der Waals surface area contributed by atoms with Crippen LogP contribution in [0.15, 0.2) is 0 Å². The van der Waals surface area contributed by atoms with Crippen molar-refractivity contribution in [1.29, 1.82) is 0 Å². The highest BCUT2D eigenvalue weighted by molar-refractivity contribution is 5.66. The Morgan fingerprint density at radius 1 is 1.22 bits per heavy atom. The van der Waals surface area contributed by atoms with Gasteiger partial charge in [0.05, 0.1) is 24.4 Å². The number of aliphatic hydroxyl groups excluding tert-OH is 1. The molecule has 2 unspecified atom stereocenters. The van der Waals surface area contributed by atoms with E-state index in [9.17, 15) is 15.0 Å². The molecule has 0 aromatic carbocycles. The van der Waals surface area contributed by atoms with Crippen LogP contribution in [0.3, 0.4) is 0 Å². The van der Waals surface area contributed by atoms with Crippen molar-refractivity contribution in [2.75, 3.05) is 33.9 Å². The Balaban J connectivity index is 1.56. The van der Waals surface area contributed by atoms with Crippen LogP contribution in [0.2, 0.25) is 0 Å². The van der Waals surface area contributed by atoms with E-state index in [-0.39, 0.29) is 58.7 Å². The summed E-state index contributed by atoms with van der Waals surface area (Å²) in [7, 11) is 3.51. The highest BCUT2D eigenvalue weighted by atomic mass is 16.5. The molecule has 5 saturated carbocycles. The summed E-state index contributed by atoms with van der Waals surface area (Å²) in [5.74, 6) is 0.164. The maximum Gasteiger partial charge on any atom is 0.302 e. The summed E-state index contributed by atoms with van der Waals surface area (Å²) in [6.07, 6.45) is 3.27. The summed E-state index contributed by atoms with van der Waals surface area (Å²) in [5, 5.41) is 24.4. The molecule has 0 aromatic heterocycles. The van der Waals surface area contributed by atoms with E-state index >= 15 is 0 Å². The molecule has 5 aliphatic carbocycles. The van der Waals surface area contributed by atoms with Crippen molar-refractivity contribution in [3.05, 3.63) is 0 Å². The number of likely N-dealkylation sites (tertiary alicyclic amines) is 1. The molecule has 1 spiro atoms. The molecular formula is C25H39NO6. The summed E-state index contributed by atoms with van der Waals surface area (Å²) in [6, 6.07) is 0.163. The third-order valence-corrected chi connectivity index (χ3v) is 11.2. The maximum atomic E-state index is 12.5. The minimum atomic E-state index is -0.942. The first kappa shape index (κ1) is 21.8. The van der Waals surface area contributed by atoms with Gasteiger partial charge in [0.1, 0.15) is 6.10 Å². The standard InChI is InChI=1S/C25H39NO6/c1-5-26-11-23(12-30-3)7-6-19(28)25-15-8-14-17(31-4)10-24(29,16(22(25)26)9-18(23)25)20(15)21(14)32-13(2)27/h14-22,28-29H,5-12H2,1-4H3/t14-,15-,16?,17+,18-,19+,20-,21+,22?,23+,24+,25-/m1/s1. The summed E-state index contributed by atoms with van der Waals surface area (Å²) in [4.78, 5) is 14.7. The number of rotatable bonds is 5. The number of hydrogen-bond donors (Lipinski definition) is 2. The van der Waals surface area contributed by atoms with E-state index in [1.807, 2.05) is 0 Å². The number of nitrogens with zero attached hydrogens (tertiary/aromatic N) is 1. The molecule has 6 rings (SSSR count). The molecule has 7 bridgehead atoms. The zero-order valence-electron chi connectivity index (χ0n) is 19.8. The number of piperidine rings is 1. The Hall–Kier alpha value is -0.730. The Morgan fingerprint density at radius 3 is 2.66 bits per heavy atom. The first-order valence-electron chi connectivity index (χ1n) is 12.6. The van der Waals surface area contributed by atoms with Crippen LogP contribution in [0, 0.1) is 40.4 Å². The third kappa shape index (κ3) is 2.28. The van der Waals surface area contributed by atoms with E-state index in [1.165, 1.54) is 6.92 Å². The molecule has 0 aromatic rings. The Bertz CT molecular complexity index is 807. The fraction of sp³-hybridized carbons (Fsp3) is 0.960. The van der Waals surface area contributed by atoms with E-state index in [2.05, 4.69) is 11.8 Å². The molecule has 180 valence electrons. The third-order valence-electron chi connectivity index (χ3n) is 11.2. The van der Waals surface area contributed by atoms with Crippen molar-refractivity contribution in [1.82, 2.24) is 4.90 Å². The second kappa shape index (κ2) is 6.91. The van der Waals surface area contributed by atoms with Gasteiger partial charge >= 0.3 is 5.97 Å². The van der Waals surface area contributed by atoms with Crippen LogP contribution in [-0.4, -0.2) is 85.0 Å². The summed E-state index contributed by atoms with van der Waals surface area (Å²) >= 11 is 0. The van der Waals surface area contributed by atoms with E-state index in [0.717, 1.165) is 38.8 Å². The predicted octanol–water partition coefficient (Wildman–Crippen LogP) is 1.45. The van der Waals surface area contributed by atoms with E-state index in [1.54, 1.807) is 14.2 Å². The molecule has 6 aliphatic rings. The van der Waals surface area contributed by atoms with Crippen LogP contribution in [0.25, 0.3) is 0 Å². The van der Waals surface area contributed by atoms with Gasteiger partial charge in [-0.25, -0.2) is 0 Å². The highest BCUT2D eigenvalue weighted by Crippen LogP contribution is 2.79. The second-order valence-electron chi connectivity index (χ2n) is 11.8. The summed E-state index contributed by atoms with van der Waals surface area (Å²) in [6.45, 7) is 6.27. The zero-order valence-corrected chi connectivity index (χ0v) is 19.8. The smallest absolute Gasteiger partial charge is 0.302 e.